The summed E-state index contributed by atoms with van der Waals surface area (Å²) < 4.78 is 19.5. The minimum Gasteiger partial charge on any atom is -0.474 e. The number of benzene rings is 1. The molecule has 152 valence electrons. The van der Waals surface area contributed by atoms with Gasteiger partial charge in [0.1, 0.15) is 23.6 Å². The highest BCUT2D eigenvalue weighted by Crippen LogP contribution is 2.36. The maximum atomic E-state index is 13.9. The number of aromatic nitrogens is 2. The number of pyridine rings is 2. The summed E-state index contributed by atoms with van der Waals surface area (Å²) in [4.78, 5) is 19.5. The Hall–Kier alpha value is -3.46. The molecule has 0 aliphatic rings. The Labute approximate surface area is 165 Å². The molecular formula is C20H22FN5O3. The highest BCUT2D eigenvalue weighted by Gasteiger charge is 2.21. The van der Waals surface area contributed by atoms with E-state index in [9.17, 15) is 14.3 Å². The van der Waals surface area contributed by atoms with Crippen LogP contribution in [-0.2, 0) is 0 Å². The van der Waals surface area contributed by atoms with Crippen LogP contribution < -0.4 is 21.8 Å². The van der Waals surface area contributed by atoms with Crippen molar-refractivity contribution in [2.45, 2.75) is 26.4 Å². The molecule has 29 heavy (non-hydrogen) atoms. The van der Waals surface area contributed by atoms with Gasteiger partial charge in [-0.05, 0) is 38.5 Å². The number of aromatic amines is 1. The zero-order chi connectivity index (χ0) is 21.5. The average Bonchev–Trinajstić information content (AvgIpc) is 2.63. The summed E-state index contributed by atoms with van der Waals surface area (Å²) in [5.74, 6) is -0.434. The first-order valence-electron chi connectivity index (χ1n) is 8.80. The van der Waals surface area contributed by atoms with E-state index in [-0.39, 0.29) is 35.0 Å². The summed E-state index contributed by atoms with van der Waals surface area (Å²) >= 11 is 0. The minimum atomic E-state index is -1.07. The van der Waals surface area contributed by atoms with Gasteiger partial charge in [-0.2, -0.15) is 0 Å². The fourth-order valence-corrected chi connectivity index (χ4v) is 2.96. The SMILES string of the molecule is Cc1cc2[nH]c(=O)c(N)c(-c3ccc(F)c(N)c3C=N)c2nc1OCC(C)(C)O. The first kappa shape index (κ1) is 20.3. The molecule has 3 aromatic rings. The smallest absolute Gasteiger partial charge is 0.272 e. The maximum Gasteiger partial charge on any atom is 0.272 e. The largest absolute Gasteiger partial charge is 0.474 e. The van der Waals surface area contributed by atoms with Crippen LogP contribution in [0.25, 0.3) is 22.2 Å². The van der Waals surface area contributed by atoms with Gasteiger partial charge in [-0.15, -0.1) is 0 Å². The first-order valence-corrected chi connectivity index (χ1v) is 8.80. The van der Waals surface area contributed by atoms with Crippen molar-refractivity contribution >= 4 is 28.6 Å². The number of H-pyrrole nitrogens is 1. The van der Waals surface area contributed by atoms with Crippen molar-refractivity contribution in [3.05, 3.63) is 45.5 Å². The molecule has 9 heteroatoms. The molecule has 0 atom stereocenters. The molecular weight excluding hydrogens is 377 g/mol. The quantitative estimate of drug-likeness (QED) is 0.328. The molecule has 2 aromatic heterocycles. The lowest BCUT2D eigenvalue weighted by molar-refractivity contribution is 0.0267. The number of ether oxygens (including phenoxy) is 1. The van der Waals surface area contributed by atoms with E-state index in [1.165, 1.54) is 6.07 Å². The zero-order valence-electron chi connectivity index (χ0n) is 16.3. The van der Waals surface area contributed by atoms with Gasteiger partial charge in [-0.25, -0.2) is 9.37 Å². The lowest BCUT2D eigenvalue weighted by Gasteiger charge is -2.19. The molecule has 0 bridgehead atoms. The van der Waals surface area contributed by atoms with Crippen LogP contribution in [0.1, 0.15) is 25.0 Å². The van der Waals surface area contributed by atoms with Crippen LogP contribution in [0.4, 0.5) is 15.8 Å². The van der Waals surface area contributed by atoms with Crippen molar-refractivity contribution in [1.29, 1.82) is 5.41 Å². The maximum absolute atomic E-state index is 13.9. The van der Waals surface area contributed by atoms with Crippen molar-refractivity contribution in [3.8, 4) is 17.0 Å². The molecule has 0 aliphatic carbocycles. The summed E-state index contributed by atoms with van der Waals surface area (Å²) in [6.07, 6.45) is 0.903. The standard InChI is InChI=1S/C20H22FN5O3/c1-9-6-13-17(26-19(9)29-8-20(2,3)28)14(16(24)18(27)25-13)10-4-5-12(21)15(23)11(10)7-22/h4-7,22,28H,8,23-24H2,1-3H3,(H,25,27). The lowest BCUT2D eigenvalue weighted by atomic mass is 9.96. The van der Waals surface area contributed by atoms with E-state index in [1.54, 1.807) is 26.8 Å². The van der Waals surface area contributed by atoms with E-state index in [4.69, 9.17) is 21.6 Å². The summed E-state index contributed by atoms with van der Waals surface area (Å²) in [6, 6.07) is 4.21. The number of fused-ring (bicyclic) bond motifs is 1. The van der Waals surface area contributed by atoms with Crippen LogP contribution in [0.2, 0.25) is 0 Å². The molecule has 0 aliphatic heterocycles. The van der Waals surface area contributed by atoms with E-state index in [0.29, 0.717) is 22.2 Å². The molecule has 1 aromatic carbocycles. The van der Waals surface area contributed by atoms with Gasteiger partial charge in [-0.1, -0.05) is 6.07 Å². The Morgan fingerprint density at radius 2 is 2.03 bits per heavy atom. The third-order valence-electron chi connectivity index (χ3n) is 4.38. The topological polar surface area (TPSA) is 151 Å². The van der Waals surface area contributed by atoms with Crippen LogP contribution in [0.3, 0.4) is 0 Å². The number of anilines is 2. The van der Waals surface area contributed by atoms with E-state index in [1.807, 2.05) is 0 Å². The van der Waals surface area contributed by atoms with Crippen LogP contribution in [0.15, 0.2) is 23.0 Å². The third kappa shape index (κ3) is 3.77. The molecule has 0 saturated heterocycles. The van der Waals surface area contributed by atoms with Crippen LogP contribution in [0.5, 0.6) is 5.88 Å². The Morgan fingerprint density at radius 1 is 1.34 bits per heavy atom. The molecule has 2 heterocycles. The number of nitrogen functional groups attached to an aromatic ring is 2. The number of hydrogen-bond acceptors (Lipinski definition) is 7. The molecule has 8 nitrogen and oxygen atoms in total. The molecule has 3 rings (SSSR count). The zero-order valence-corrected chi connectivity index (χ0v) is 16.3. The number of nitrogens with one attached hydrogen (secondary N) is 2. The predicted octanol–water partition coefficient (Wildman–Crippen LogP) is 2.35. The highest BCUT2D eigenvalue weighted by atomic mass is 19.1. The number of aryl methyl sites for hydroxylation is 1. The summed E-state index contributed by atoms with van der Waals surface area (Å²) in [6.45, 7) is 4.94. The van der Waals surface area contributed by atoms with E-state index in [0.717, 1.165) is 12.3 Å². The van der Waals surface area contributed by atoms with Gasteiger partial charge in [0.2, 0.25) is 5.88 Å². The number of hydrogen-bond donors (Lipinski definition) is 5. The van der Waals surface area contributed by atoms with E-state index >= 15 is 0 Å². The number of nitrogens with zero attached hydrogens (tertiary/aromatic N) is 1. The van der Waals surface area contributed by atoms with Crippen molar-refractivity contribution < 1.29 is 14.2 Å². The van der Waals surface area contributed by atoms with E-state index in [2.05, 4.69) is 9.97 Å². The number of nitrogens with two attached hydrogens (primary N) is 2. The Morgan fingerprint density at radius 3 is 2.66 bits per heavy atom. The molecule has 0 spiro atoms. The number of halogens is 1. The molecule has 0 radical (unpaired) electrons. The second-order valence-electron chi connectivity index (χ2n) is 7.42. The van der Waals surface area contributed by atoms with Crippen molar-refractivity contribution in [2.24, 2.45) is 0 Å². The fourth-order valence-electron chi connectivity index (χ4n) is 2.96. The summed E-state index contributed by atoms with van der Waals surface area (Å²) in [5, 5.41) is 17.6. The van der Waals surface area contributed by atoms with Crippen molar-refractivity contribution in [3.63, 3.8) is 0 Å². The average molecular weight is 399 g/mol. The molecule has 0 saturated carbocycles. The van der Waals surface area contributed by atoms with Crippen molar-refractivity contribution in [2.75, 3.05) is 18.1 Å². The summed E-state index contributed by atoms with van der Waals surface area (Å²) in [5.41, 5.74) is 11.8. The van der Waals surface area contributed by atoms with Gasteiger partial charge < -0.3 is 31.7 Å². The Bertz CT molecular complexity index is 1180. The monoisotopic (exact) mass is 399 g/mol. The number of aliphatic hydroxyl groups is 1. The predicted molar refractivity (Wildman–Crippen MR) is 111 cm³/mol. The van der Waals surface area contributed by atoms with Gasteiger partial charge in [0.25, 0.3) is 5.56 Å². The Kier molecular flexibility index (Phi) is 5.02. The van der Waals surface area contributed by atoms with E-state index < -0.39 is 17.0 Å². The van der Waals surface area contributed by atoms with Gasteiger partial charge in [0.05, 0.1) is 16.8 Å². The number of rotatable bonds is 5. The van der Waals surface area contributed by atoms with Crippen LogP contribution in [0, 0.1) is 18.2 Å². The summed E-state index contributed by atoms with van der Waals surface area (Å²) in [7, 11) is 0. The second-order valence-corrected chi connectivity index (χ2v) is 7.42. The molecule has 0 amide bonds. The second kappa shape index (κ2) is 7.17. The van der Waals surface area contributed by atoms with Gasteiger partial charge in [0, 0.05) is 22.9 Å². The van der Waals surface area contributed by atoms with Crippen molar-refractivity contribution in [1.82, 2.24) is 9.97 Å². The van der Waals surface area contributed by atoms with Gasteiger partial charge in [0.15, 0.2) is 0 Å². The van der Waals surface area contributed by atoms with Gasteiger partial charge >= 0.3 is 0 Å². The van der Waals surface area contributed by atoms with Crippen LogP contribution >= 0.6 is 0 Å². The normalized spacial score (nSPS) is 11.6. The van der Waals surface area contributed by atoms with Gasteiger partial charge in [-0.3, -0.25) is 4.79 Å². The lowest BCUT2D eigenvalue weighted by Crippen LogP contribution is -2.28. The minimum absolute atomic E-state index is 0.00421. The third-order valence-corrected chi connectivity index (χ3v) is 4.38. The first-order chi connectivity index (χ1) is 13.5. The fraction of sp³-hybridized carbons (Fsp3) is 0.250. The molecule has 7 N–H and O–H groups in total. The Balaban J connectivity index is 2.34. The highest BCUT2D eigenvalue weighted by molar-refractivity contribution is 6.05. The molecule has 0 fully saturated rings. The van der Waals surface area contributed by atoms with Crippen LogP contribution in [-0.4, -0.2) is 33.5 Å². The molecule has 0 unspecified atom stereocenters.